The highest BCUT2D eigenvalue weighted by molar-refractivity contribution is 7.80. The van der Waals surface area contributed by atoms with Crippen molar-refractivity contribution in [2.75, 3.05) is 33.3 Å². The fourth-order valence-electron chi connectivity index (χ4n) is 3.09. The molecule has 1 aromatic heterocycles. The van der Waals surface area contributed by atoms with Crippen LogP contribution in [0.4, 0.5) is 0 Å². The van der Waals surface area contributed by atoms with Crippen LogP contribution in [0.2, 0.25) is 0 Å². The zero-order valence-corrected chi connectivity index (χ0v) is 21.1. The molecule has 0 aliphatic carbocycles. The van der Waals surface area contributed by atoms with Gasteiger partial charge in [0.25, 0.3) is 0 Å². The van der Waals surface area contributed by atoms with Crippen LogP contribution in [0.1, 0.15) is 57.1 Å². The van der Waals surface area contributed by atoms with Crippen LogP contribution in [0, 0.1) is 0 Å². The van der Waals surface area contributed by atoms with E-state index in [0.717, 1.165) is 44.4 Å². The lowest BCUT2D eigenvalue weighted by Crippen LogP contribution is -2.36. The molecule has 0 radical (unpaired) electrons. The maximum absolute atomic E-state index is 10.5. The highest BCUT2D eigenvalue weighted by atomic mass is 32.1. The Morgan fingerprint density at radius 2 is 1.59 bits per heavy atom. The van der Waals surface area contributed by atoms with E-state index < -0.39 is 5.97 Å². The predicted molar refractivity (Wildman–Crippen MR) is 136 cm³/mol. The Labute approximate surface area is 199 Å². The molecular weight excluding hydrogens is 422 g/mol. The highest BCUT2D eigenvalue weighted by Gasteiger charge is 2.14. The number of nitrogens with zero attached hydrogens (tertiary/aromatic N) is 2. The van der Waals surface area contributed by atoms with Gasteiger partial charge in [-0.1, -0.05) is 39.0 Å². The summed E-state index contributed by atoms with van der Waals surface area (Å²) in [5.74, 6) is -0.815. The Bertz CT molecular complexity index is 722. The Balaban J connectivity index is 0.000000668. The van der Waals surface area contributed by atoms with E-state index >= 15 is 0 Å². The van der Waals surface area contributed by atoms with Gasteiger partial charge in [-0.3, -0.25) is 14.7 Å². The minimum Gasteiger partial charge on any atom is -0.480 e. The molecule has 0 fully saturated rings. The standard InChI is InChI=1S/C15H24N2O2S.C9H13N.CH4O/c1-3-9-17(10-8-16-11-15(18)19)12(2)13-4-6-14(20)7-5-13;1-3-8-6-5-7-9(4-2)10-8;1-2/h4-7,12,16,20H,3,8-11H2,1-2H3,(H,18,19);5-7H,3-4H2,1-2H3;2H,1H3. The number of benzene rings is 1. The van der Waals surface area contributed by atoms with Gasteiger partial charge in [-0.05, 0) is 62.6 Å². The predicted octanol–water partition coefficient (Wildman–Crippen LogP) is 4.24. The second kappa shape index (κ2) is 18.6. The molecule has 0 spiro atoms. The Hall–Kier alpha value is -1.93. The summed E-state index contributed by atoms with van der Waals surface area (Å²) in [4.78, 5) is 18.2. The second-order valence-corrected chi connectivity index (χ2v) is 7.72. The normalized spacial score (nSPS) is 11.1. The van der Waals surface area contributed by atoms with Crippen LogP contribution in [0.15, 0.2) is 47.4 Å². The number of aliphatic hydroxyl groups excluding tert-OH is 1. The first-order valence-corrected chi connectivity index (χ1v) is 11.7. The molecule has 1 heterocycles. The summed E-state index contributed by atoms with van der Waals surface area (Å²) in [5.41, 5.74) is 3.65. The molecule has 3 N–H and O–H groups in total. The van der Waals surface area contributed by atoms with E-state index in [9.17, 15) is 4.79 Å². The molecule has 1 unspecified atom stereocenters. The number of carboxylic acids is 1. The number of thiol groups is 1. The van der Waals surface area contributed by atoms with Crippen molar-refractivity contribution < 1.29 is 15.0 Å². The fraction of sp³-hybridized carbons (Fsp3) is 0.520. The molecule has 32 heavy (non-hydrogen) atoms. The summed E-state index contributed by atoms with van der Waals surface area (Å²) in [7, 11) is 1.00. The molecule has 2 rings (SSSR count). The van der Waals surface area contributed by atoms with E-state index in [2.05, 4.69) is 85.9 Å². The number of nitrogens with one attached hydrogen (secondary N) is 1. The molecule has 0 saturated carbocycles. The van der Waals surface area contributed by atoms with Gasteiger partial charge in [0.15, 0.2) is 0 Å². The van der Waals surface area contributed by atoms with Gasteiger partial charge < -0.3 is 15.5 Å². The SMILES string of the molecule is CCCN(CCNCC(=O)O)C(C)c1ccc(S)cc1.CCc1cccc(CC)n1.CO. The molecule has 1 atom stereocenters. The Morgan fingerprint density at radius 1 is 1.03 bits per heavy atom. The first-order chi connectivity index (χ1) is 15.4. The van der Waals surface area contributed by atoms with Gasteiger partial charge in [-0.2, -0.15) is 0 Å². The lowest BCUT2D eigenvalue weighted by atomic mass is 10.1. The number of aryl methyl sites for hydroxylation is 2. The van der Waals surface area contributed by atoms with Crippen molar-refractivity contribution >= 4 is 18.6 Å². The van der Waals surface area contributed by atoms with Crippen LogP contribution in [-0.4, -0.2) is 59.4 Å². The van der Waals surface area contributed by atoms with E-state index in [0.29, 0.717) is 12.6 Å². The first-order valence-electron chi connectivity index (χ1n) is 11.3. The number of aliphatic hydroxyl groups is 1. The van der Waals surface area contributed by atoms with Gasteiger partial charge in [0, 0.05) is 42.5 Å². The number of aliphatic carboxylic acids is 1. The molecular formula is C25H41N3O3S. The smallest absolute Gasteiger partial charge is 0.317 e. The molecule has 180 valence electrons. The van der Waals surface area contributed by atoms with E-state index in [1.54, 1.807) is 0 Å². The van der Waals surface area contributed by atoms with Crippen molar-refractivity contribution in [1.82, 2.24) is 15.2 Å². The molecule has 1 aromatic carbocycles. The maximum atomic E-state index is 10.5. The third kappa shape index (κ3) is 12.8. The molecule has 2 aromatic rings. The number of carboxylic acid groups (broad SMARTS) is 1. The summed E-state index contributed by atoms with van der Waals surface area (Å²) in [6.45, 7) is 11.1. The number of rotatable bonds is 11. The number of pyridine rings is 1. The van der Waals surface area contributed by atoms with Crippen molar-refractivity contribution in [3.05, 3.63) is 59.4 Å². The van der Waals surface area contributed by atoms with Crippen molar-refractivity contribution in [3.63, 3.8) is 0 Å². The number of carbonyl (C=O) groups is 1. The fourth-order valence-corrected chi connectivity index (χ4v) is 3.24. The van der Waals surface area contributed by atoms with Crippen molar-refractivity contribution in [2.45, 2.75) is 57.9 Å². The minimum absolute atomic E-state index is 0.0166. The minimum atomic E-state index is -0.815. The van der Waals surface area contributed by atoms with Crippen LogP contribution in [0.25, 0.3) is 0 Å². The topological polar surface area (TPSA) is 85.7 Å². The number of hydrogen-bond acceptors (Lipinski definition) is 6. The van der Waals surface area contributed by atoms with Crippen LogP contribution in [0.5, 0.6) is 0 Å². The second-order valence-electron chi connectivity index (χ2n) is 7.20. The lowest BCUT2D eigenvalue weighted by Gasteiger charge is -2.29. The van der Waals surface area contributed by atoms with Crippen molar-refractivity contribution in [3.8, 4) is 0 Å². The van der Waals surface area contributed by atoms with E-state index in [4.69, 9.17) is 10.2 Å². The average Bonchev–Trinajstić information content (AvgIpc) is 2.82. The zero-order chi connectivity index (χ0) is 24.4. The van der Waals surface area contributed by atoms with E-state index in [-0.39, 0.29) is 6.54 Å². The molecule has 6 nitrogen and oxygen atoms in total. The van der Waals surface area contributed by atoms with Crippen LogP contribution < -0.4 is 5.32 Å². The van der Waals surface area contributed by atoms with E-state index in [1.165, 1.54) is 17.0 Å². The van der Waals surface area contributed by atoms with Crippen LogP contribution >= 0.6 is 12.6 Å². The quantitative estimate of drug-likeness (QED) is 0.295. The van der Waals surface area contributed by atoms with Gasteiger partial charge in [0.1, 0.15) is 0 Å². The molecule has 0 bridgehead atoms. The third-order valence-electron chi connectivity index (χ3n) is 4.87. The monoisotopic (exact) mass is 463 g/mol. The van der Waals surface area contributed by atoms with Gasteiger partial charge >= 0.3 is 5.97 Å². The molecule has 0 amide bonds. The summed E-state index contributed by atoms with van der Waals surface area (Å²) in [6.07, 6.45) is 3.15. The number of hydrogen-bond donors (Lipinski definition) is 4. The Kier molecular flexibility index (Phi) is 17.5. The summed E-state index contributed by atoms with van der Waals surface area (Å²) in [6, 6.07) is 14.7. The molecule has 7 heteroatoms. The van der Waals surface area contributed by atoms with Gasteiger partial charge in [0.05, 0.1) is 6.54 Å². The first kappa shape index (κ1) is 30.1. The largest absolute Gasteiger partial charge is 0.480 e. The number of aromatic nitrogens is 1. The van der Waals surface area contributed by atoms with Gasteiger partial charge in [-0.15, -0.1) is 12.6 Å². The Morgan fingerprint density at radius 3 is 2.06 bits per heavy atom. The van der Waals surface area contributed by atoms with Gasteiger partial charge in [0.2, 0.25) is 0 Å². The van der Waals surface area contributed by atoms with E-state index in [1.807, 2.05) is 12.1 Å². The van der Waals surface area contributed by atoms with Gasteiger partial charge in [-0.25, -0.2) is 0 Å². The highest BCUT2D eigenvalue weighted by Crippen LogP contribution is 2.21. The maximum Gasteiger partial charge on any atom is 0.317 e. The summed E-state index contributed by atoms with van der Waals surface area (Å²) < 4.78 is 0. The molecule has 0 saturated heterocycles. The third-order valence-corrected chi connectivity index (χ3v) is 5.17. The lowest BCUT2D eigenvalue weighted by molar-refractivity contribution is -0.135. The summed E-state index contributed by atoms with van der Waals surface area (Å²) in [5, 5.41) is 18.5. The zero-order valence-electron chi connectivity index (χ0n) is 20.2. The van der Waals surface area contributed by atoms with Crippen molar-refractivity contribution in [1.29, 1.82) is 0 Å². The van der Waals surface area contributed by atoms with Crippen LogP contribution in [-0.2, 0) is 17.6 Å². The van der Waals surface area contributed by atoms with Crippen LogP contribution in [0.3, 0.4) is 0 Å². The summed E-state index contributed by atoms with van der Waals surface area (Å²) >= 11 is 4.30. The van der Waals surface area contributed by atoms with Crippen molar-refractivity contribution in [2.24, 2.45) is 0 Å². The molecule has 0 aliphatic rings. The average molecular weight is 464 g/mol. The molecule has 0 aliphatic heterocycles.